The molecule has 2 N–H and O–H groups in total. The third kappa shape index (κ3) is 4.64. The molecule has 1 heterocycles. The van der Waals surface area contributed by atoms with E-state index in [1.807, 2.05) is 0 Å². The number of halogens is 1. The number of benzene rings is 2. The second-order valence-corrected chi connectivity index (χ2v) is 8.09. The molecule has 0 bridgehead atoms. The van der Waals surface area contributed by atoms with Crippen molar-refractivity contribution in [3.05, 3.63) is 53.3 Å². The van der Waals surface area contributed by atoms with E-state index in [0.717, 1.165) is 0 Å². The SMILES string of the molecule is [B]c1cc(C(O)c2ccc(F)cc2)cc2sc(NC(=O)OC(C)(C)C)nc12. The van der Waals surface area contributed by atoms with Crippen molar-refractivity contribution in [3.8, 4) is 0 Å². The van der Waals surface area contributed by atoms with Crippen LogP contribution in [0.5, 0.6) is 0 Å². The number of ether oxygens (including phenoxy) is 1. The van der Waals surface area contributed by atoms with Gasteiger partial charge in [-0.1, -0.05) is 35.0 Å². The minimum absolute atomic E-state index is 0.347. The third-order valence-corrected chi connectivity index (χ3v) is 4.57. The second-order valence-electron chi connectivity index (χ2n) is 7.06. The number of nitrogens with one attached hydrogen (secondary N) is 1. The molecule has 0 aliphatic heterocycles. The molecule has 5 nitrogen and oxygen atoms in total. The number of thiazole rings is 1. The number of aliphatic hydroxyl groups is 1. The highest BCUT2D eigenvalue weighted by Gasteiger charge is 2.19. The Morgan fingerprint density at radius 2 is 1.93 bits per heavy atom. The fourth-order valence-corrected chi connectivity index (χ4v) is 3.45. The van der Waals surface area contributed by atoms with Crippen LogP contribution in [0.2, 0.25) is 0 Å². The highest BCUT2D eigenvalue weighted by molar-refractivity contribution is 7.22. The van der Waals surface area contributed by atoms with Crippen LogP contribution in [0.15, 0.2) is 36.4 Å². The lowest BCUT2D eigenvalue weighted by Crippen LogP contribution is -2.27. The molecule has 3 aromatic rings. The smallest absolute Gasteiger partial charge is 0.413 e. The number of rotatable bonds is 3. The van der Waals surface area contributed by atoms with Crippen molar-refractivity contribution < 1.29 is 19.0 Å². The van der Waals surface area contributed by atoms with Crippen LogP contribution in [0.4, 0.5) is 14.3 Å². The Morgan fingerprint density at radius 1 is 1.26 bits per heavy atom. The lowest BCUT2D eigenvalue weighted by Gasteiger charge is -2.18. The highest BCUT2D eigenvalue weighted by atomic mass is 32.1. The average Bonchev–Trinajstić information content (AvgIpc) is 2.96. The molecule has 2 radical (unpaired) electrons. The number of hydrogen-bond donors (Lipinski definition) is 2. The summed E-state index contributed by atoms with van der Waals surface area (Å²) in [5.74, 6) is -0.374. The first kappa shape index (κ1) is 19.3. The van der Waals surface area contributed by atoms with Crippen LogP contribution >= 0.6 is 11.3 Å². The maximum absolute atomic E-state index is 13.1. The van der Waals surface area contributed by atoms with Crippen LogP contribution in [-0.2, 0) is 4.74 Å². The summed E-state index contributed by atoms with van der Waals surface area (Å²) in [5.41, 5.74) is 1.38. The molecule has 1 unspecified atom stereocenters. The number of fused-ring (bicyclic) bond motifs is 1. The van der Waals surface area contributed by atoms with Gasteiger partial charge in [0.1, 0.15) is 25.4 Å². The molecule has 138 valence electrons. The summed E-state index contributed by atoms with van der Waals surface area (Å²) in [6, 6.07) is 8.97. The zero-order valence-corrected chi connectivity index (χ0v) is 15.9. The number of hydrogen-bond acceptors (Lipinski definition) is 5. The van der Waals surface area contributed by atoms with E-state index in [1.54, 1.807) is 32.9 Å². The van der Waals surface area contributed by atoms with Gasteiger partial charge in [0, 0.05) is 0 Å². The van der Waals surface area contributed by atoms with Gasteiger partial charge in [-0.15, -0.1) is 0 Å². The summed E-state index contributed by atoms with van der Waals surface area (Å²) in [6.45, 7) is 5.31. The number of aliphatic hydroxyl groups excluding tert-OH is 1. The molecule has 1 aromatic heterocycles. The summed E-state index contributed by atoms with van der Waals surface area (Å²) in [6.07, 6.45) is -1.56. The number of amides is 1. The first-order valence-corrected chi connectivity index (χ1v) is 9.07. The van der Waals surface area contributed by atoms with Crippen LogP contribution in [0.3, 0.4) is 0 Å². The van der Waals surface area contributed by atoms with Crippen molar-refractivity contribution in [3.63, 3.8) is 0 Å². The zero-order chi connectivity index (χ0) is 19.8. The summed E-state index contributed by atoms with van der Waals surface area (Å²) >= 11 is 1.22. The topological polar surface area (TPSA) is 71.5 Å². The fraction of sp³-hybridized carbons (Fsp3) is 0.263. The van der Waals surface area contributed by atoms with Gasteiger partial charge in [-0.25, -0.2) is 14.2 Å². The molecule has 27 heavy (non-hydrogen) atoms. The standard InChI is InChI=1S/C19H18BFN2O3S/c1-19(2,3)26-18(25)23-17-22-15-13(20)8-11(9-14(15)27-17)16(24)10-4-6-12(21)7-5-10/h4-9,16,24H,1-3H3,(H,22,23,25). The Morgan fingerprint density at radius 3 is 2.56 bits per heavy atom. The van der Waals surface area contributed by atoms with Crippen molar-refractivity contribution in [2.75, 3.05) is 5.32 Å². The molecule has 0 aliphatic carbocycles. The minimum Gasteiger partial charge on any atom is -0.444 e. The van der Waals surface area contributed by atoms with Crippen LogP contribution < -0.4 is 10.8 Å². The Kier molecular flexibility index (Phi) is 5.21. The Balaban J connectivity index is 1.88. The number of anilines is 1. The maximum Gasteiger partial charge on any atom is 0.413 e. The molecule has 3 rings (SSSR count). The molecule has 0 saturated heterocycles. The molecular weight excluding hydrogens is 366 g/mol. The lowest BCUT2D eigenvalue weighted by molar-refractivity contribution is 0.0636. The first-order chi connectivity index (χ1) is 12.6. The highest BCUT2D eigenvalue weighted by Crippen LogP contribution is 2.30. The van der Waals surface area contributed by atoms with E-state index in [9.17, 15) is 14.3 Å². The fourth-order valence-electron chi connectivity index (χ4n) is 2.52. The van der Waals surface area contributed by atoms with Crippen LogP contribution in [-0.4, -0.2) is 29.6 Å². The van der Waals surface area contributed by atoms with E-state index in [0.29, 0.717) is 31.9 Å². The first-order valence-electron chi connectivity index (χ1n) is 8.26. The van der Waals surface area contributed by atoms with Gasteiger partial charge in [-0.2, -0.15) is 0 Å². The van der Waals surface area contributed by atoms with Crippen molar-refractivity contribution in [2.24, 2.45) is 0 Å². The van der Waals surface area contributed by atoms with Gasteiger partial charge in [0.25, 0.3) is 0 Å². The van der Waals surface area contributed by atoms with E-state index in [-0.39, 0.29) is 5.82 Å². The van der Waals surface area contributed by atoms with Crippen molar-refractivity contribution >= 4 is 46.1 Å². The quantitative estimate of drug-likeness (QED) is 0.677. The van der Waals surface area contributed by atoms with E-state index >= 15 is 0 Å². The second kappa shape index (κ2) is 7.29. The number of nitrogens with zero attached hydrogens (tertiary/aromatic N) is 1. The molecule has 0 aliphatic rings. The maximum atomic E-state index is 13.1. The lowest BCUT2D eigenvalue weighted by atomic mass is 9.90. The monoisotopic (exact) mass is 384 g/mol. The molecule has 0 spiro atoms. The van der Waals surface area contributed by atoms with Crippen molar-refractivity contribution in [1.29, 1.82) is 0 Å². The van der Waals surface area contributed by atoms with Gasteiger partial charge in [0.05, 0.1) is 10.2 Å². The van der Waals surface area contributed by atoms with E-state index in [2.05, 4.69) is 10.3 Å². The molecule has 0 saturated carbocycles. The molecule has 2 aromatic carbocycles. The average molecular weight is 384 g/mol. The van der Waals surface area contributed by atoms with Gasteiger partial charge < -0.3 is 9.84 Å². The van der Waals surface area contributed by atoms with Crippen molar-refractivity contribution in [1.82, 2.24) is 4.98 Å². The van der Waals surface area contributed by atoms with Gasteiger partial charge in [-0.3, -0.25) is 5.32 Å². The van der Waals surface area contributed by atoms with Crippen LogP contribution in [0, 0.1) is 5.82 Å². The zero-order valence-electron chi connectivity index (χ0n) is 15.1. The number of carbonyl (C=O) groups excluding carboxylic acids is 1. The molecule has 1 amide bonds. The Hall–Kier alpha value is -2.45. The molecule has 0 fully saturated rings. The molecule has 8 heteroatoms. The summed E-state index contributed by atoms with van der Waals surface area (Å²) < 4.78 is 19.0. The summed E-state index contributed by atoms with van der Waals surface area (Å²) in [4.78, 5) is 16.2. The summed E-state index contributed by atoms with van der Waals surface area (Å²) in [7, 11) is 6.07. The predicted octanol–water partition coefficient (Wildman–Crippen LogP) is 3.66. The Bertz CT molecular complexity index is 983. The van der Waals surface area contributed by atoms with Gasteiger partial charge in [-0.05, 0) is 50.1 Å². The predicted molar refractivity (Wildman–Crippen MR) is 105 cm³/mol. The minimum atomic E-state index is -0.957. The molecule has 1 atom stereocenters. The number of carbonyl (C=O) groups is 1. The number of aromatic nitrogens is 1. The van der Waals surface area contributed by atoms with Crippen LogP contribution in [0.25, 0.3) is 10.2 Å². The van der Waals surface area contributed by atoms with Gasteiger partial charge in [0.2, 0.25) is 0 Å². The van der Waals surface area contributed by atoms with E-state index in [4.69, 9.17) is 12.6 Å². The molecular formula is C19H18BFN2O3S. The summed E-state index contributed by atoms with van der Waals surface area (Å²) in [5, 5.41) is 13.5. The Labute approximate surface area is 161 Å². The van der Waals surface area contributed by atoms with Crippen LogP contribution in [0.1, 0.15) is 38.0 Å². The van der Waals surface area contributed by atoms with E-state index in [1.165, 1.54) is 35.6 Å². The van der Waals surface area contributed by atoms with E-state index < -0.39 is 17.8 Å². The van der Waals surface area contributed by atoms with Gasteiger partial charge in [0.15, 0.2) is 5.13 Å². The third-order valence-electron chi connectivity index (χ3n) is 3.66. The largest absolute Gasteiger partial charge is 0.444 e. The van der Waals surface area contributed by atoms with Crippen molar-refractivity contribution in [2.45, 2.75) is 32.5 Å². The van der Waals surface area contributed by atoms with Gasteiger partial charge >= 0.3 is 6.09 Å². The normalized spacial score (nSPS) is 12.8.